The third-order valence-electron chi connectivity index (χ3n) is 3.89. The van der Waals surface area contributed by atoms with E-state index in [-0.39, 0.29) is 11.5 Å². The number of rotatable bonds is 3. The Kier molecular flexibility index (Phi) is 3.50. The Morgan fingerprint density at radius 3 is 2.81 bits per heavy atom. The van der Waals surface area contributed by atoms with Gasteiger partial charge < -0.3 is 15.0 Å². The molecule has 1 aliphatic heterocycles. The lowest BCUT2D eigenvalue weighted by Gasteiger charge is -2.42. The predicted octanol–water partition coefficient (Wildman–Crippen LogP) is 0.766. The zero-order valence-corrected chi connectivity index (χ0v) is 10.3. The molecular formula is C12H22N2O2. The van der Waals surface area contributed by atoms with E-state index in [1.165, 1.54) is 6.42 Å². The van der Waals surface area contributed by atoms with Crippen LogP contribution in [0.2, 0.25) is 0 Å². The molecule has 0 aromatic rings. The van der Waals surface area contributed by atoms with Crippen molar-refractivity contribution in [3.63, 3.8) is 0 Å². The molecule has 1 N–H and O–H groups in total. The predicted molar refractivity (Wildman–Crippen MR) is 62.3 cm³/mol. The van der Waals surface area contributed by atoms with Crippen molar-refractivity contribution in [1.82, 2.24) is 10.2 Å². The summed E-state index contributed by atoms with van der Waals surface area (Å²) in [4.78, 5) is 14.1. The smallest absolute Gasteiger partial charge is 0.225 e. The van der Waals surface area contributed by atoms with Crippen molar-refractivity contribution in [2.75, 3.05) is 26.7 Å². The first-order valence-electron chi connectivity index (χ1n) is 6.21. The van der Waals surface area contributed by atoms with Crippen LogP contribution in [-0.2, 0) is 9.53 Å². The first kappa shape index (κ1) is 11.9. The van der Waals surface area contributed by atoms with E-state index >= 15 is 0 Å². The molecule has 4 heteroatoms. The molecule has 0 bridgehead atoms. The number of hydrogen-bond donors (Lipinski definition) is 1. The fourth-order valence-corrected chi connectivity index (χ4v) is 2.57. The van der Waals surface area contributed by atoms with Crippen molar-refractivity contribution < 1.29 is 9.53 Å². The van der Waals surface area contributed by atoms with Gasteiger partial charge in [-0.1, -0.05) is 0 Å². The molecule has 2 aliphatic rings. The summed E-state index contributed by atoms with van der Waals surface area (Å²) in [5.74, 6) is 0.259. The maximum absolute atomic E-state index is 12.1. The average Bonchev–Trinajstić information content (AvgIpc) is 2.23. The van der Waals surface area contributed by atoms with Gasteiger partial charge in [-0.2, -0.15) is 0 Å². The number of ether oxygens (including phenoxy) is 1. The van der Waals surface area contributed by atoms with Gasteiger partial charge in [0.25, 0.3) is 0 Å². The molecule has 0 radical (unpaired) electrons. The number of piperazine rings is 1. The Hall–Kier alpha value is -0.610. The normalized spacial score (nSPS) is 28.6. The van der Waals surface area contributed by atoms with Crippen LogP contribution in [0.25, 0.3) is 0 Å². The number of amides is 1. The van der Waals surface area contributed by atoms with E-state index < -0.39 is 0 Å². The average molecular weight is 226 g/mol. The third kappa shape index (κ3) is 2.38. The molecule has 16 heavy (non-hydrogen) atoms. The molecule has 1 unspecified atom stereocenters. The van der Waals surface area contributed by atoms with E-state index in [0.29, 0.717) is 12.5 Å². The van der Waals surface area contributed by atoms with E-state index in [0.717, 1.165) is 32.5 Å². The molecule has 92 valence electrons. The van der Waals surface area contributed by atoms with Gasteiger partial charge in [-0.25, -0.2) is 0 Å². The van der Waals surface area contributed by atoms with Crippen molar-refractivity contribution in [1.29, 1.82) is 0 Å². The molecule has 1 saturated carbocycles. The number of methoxy groups -OCH3 is 1. The lowest BCUT2D eigenvalue weighted by Crippen LogP contribution is -2.53. The van der Waals surface area contributed by atoms with Gasteiger partial charge in [-0.15, -0.1) is 0 Å². The maximum atomic E-state index is 12.1. The highest BCUT2D eigenvalue weighted by Gasteiger charge is 2.40. The standard InChI is InChI=1S/C12H22N2O2/c1-10-9-14(7-6-13-10)11(15)8-12(16-2)4-3-5-12/h10,13H,3-9H2,1-2H3. The number of nitrogens with zero attached hydrogens (tertiary/aromatic N) is 1. The quantitative estimate of drug-likeness (QED) is 0.772. The Labute approximate surface area is 97.3 Å². The number of carbonyl (C=O) groups excluding carboxylic acids is 1. The van der Waals surface area contributed by atoms with Crippen LogP contribution < -0.4 is 5.32 Å². The second-order valence-electron chi connectivity index (χ2n) is 5.11. The zero-order valence-electron chi connectivity index (χ0n) is 10.3. The number of nitrogens with one attached hydrogen (secondary N) is 1. The highest BCUT2D eigenvalue weighted by molar-refractivity contribution is 5.77. The number of hydrogen-bond acceptors (Lipinski definition) is 3. The van der Waals surface area contributed by atoms with Crippen molar-refractivity contribution in [3.05, 3.63) is 0 Å². The second kappa shape index (κ2) is 4.72. The monoisotopic (exact) mass is 226 g/mol. The van der Waals surface area contributed by atoms with Gasteiger partial charge in [0.2, 0.25) is 5.91 Å². The molecule has 1 amide bonds. The zero-order chi connectivity index (χ0) is 11.6. The summed E-state index contributed by atoms with van der Waals surface area (Å²) < 4.78 is 5.50. The first-order valence-corrected chi connectivity index (χ1v) is 6.21. The summed E-state index contributed by atoms with van der Waals surface area (Å²) in [6.45, 7) is 4.70. The van der Waals surface area contributed by atoms with Crippen molar-refractivity contribution >= 4 is 5.91 Å². The molecule has 0 aromatic heterocycles. The van der Waals surface area contributed by atoms with Crippen molar-refractivity contribution in [2.24, 2.45) is 0 Å². The summed E-state index contributed by atoms with van der Waals surface area (Å²) in [6.07, 6.45) is 3.84. The lowest BCUT2D eigenvalue weighted by atomic mass is 9.77. The van der Waals surface area contributed by atoms with Crippen LogP contribution in [0.4, 0.5) is 0 Å². The minimum atomic E-state index is -0.134. The van der Waals surface area contributed by atoms with E-state index in [1.54, 1.807) is 7.11 Å². The third-order valence-corrected chi connectivity index (χ3v) is 3.89. The Morgan fingerprint density at radius 1 is 1.56 bits per heavy atom. The minimum Gasteiger partial charge on any atom is -0.378 e. The van der Waals surface area contributed by atoms with Crippen LogP contribution in [0.15, 0.2) is 0 Å². The van der Waals surface area contributed by atoms with Gasteiger partial charge >= 0.3 is 0 Å². The van der Waals surface area contributed by atoms with E-state index in [4.69, 9.17) is 4.74 Å². The van der Waals surface area contributed by atoms with Crippen LogP contribution >= 0.6 is 0 Å². The number of carbonyl (C=O) groups is 1. The fourth-order valence-electron chi connectivity index (χ4n) is 2.57. The molecule has 1 heterocycles. The molecule has 1 aliphatic carbocycles. The Morgan fingerprint density at radius 2 is 2.31 bits per heavy atom. The summed E-state index contributed by atoms with van der Waals surface area (Å²) in [7, 11) is 1.73. The molecule has 0 spiro atoms. The molecule has 1 saturated heterocycles. The largest absolute Gasteiger partial charge is 0.378 e. The summed E-state index contributed by atoms with van der Waals surface area (Å²) >= 11 is 0. The van der Waals surface area contributed by atoms with Gasteiger partial charge in [0.1, 0.15) is 0 Å². The van der Waals surface area contributed by atoms with Crippen molar-refractivity contribution in [2.45, 2.75) is 44.2 Å². The van der Waals surface area contributed by atoms with Crippen LogP contribution in [0, 0.1) is 0 Å². The van der Waals surface area contributed by atoms with Gasteiger partial charge in [0.05, 0.1) is 12.0 Å². The molecule has 2 fully saturated rings. The lowest BCUT2D eigenvalue weighted by molar-refractivity contribution is -0.145. The summed E-state index contributed by atoms with van der Waals surface area (Å²) in [6, 6.07) is 0.414. The molecule has 1 atom stereocenters. The van der Waals surface area contributed by atoms with Crippen molar-refractivity contribution in [3.8, 4) is 0 Å². The topological polar surface area (TPSA) is 41.6 Å². The minimum absolute atomic E-state index is 0.134. The van der Waals surface area contributed by atoms with Crippen LogP contribution in [0.5, 0.6) is 0 Å². The van der Waals surface area contributed by atoms with Crippen LogP contribution in [0.3, 0.4) is 0 Å². The Balaban J connectivity index is 1.87. The van der Waals surface area contributed by atoms with Crippen LogP contribution in [0.1, 0.15) is 32.6 Å². The second-order valence-corrected chi connectivity index (χ2v) is 5.11. The highest BCUT2D eigenvalue weighted by atomic mass is 16.5. The maximum Gasteiger partial charge on any atom is 0.225 e. The highest BCUT2D eigenvalue weighted by Crippen LogP contribution is 2.38. The van der Waals surface area contributed by atoms with E-state index in [9.17, 15) is 4.79 Å². The van der Waals surface area contributed by atoms with Gasteiger partial charge in [-0.3, -0.25) is 4.79 Å². The molecule has 4 nitrogen and oxygen atoms in total. The first-order chi connectivity index (χ1) is 7.65. The van der Waals surface area contributed by atoms with Gasteiger partial charge in [0, 0.05) is 32.8 Å². The summed E-state index contributed by atoms with van der Waals surface area (Å²) in [5.41, 5.74) is -0.134. The van der Waals surface area contributed by atoms with Crippen LogP contribution in [-0.4, -0.2) is 49.2 Å². The SMILES string of the molecule is COC1(CC(=O)N2CCNC(C)C2)CCC1. The Bertz CT molecular complexity index is 258. The van der Waals surface area contributed by atoms with E-state index in [2.05, 4.69) is 12.2 Å². The molecule has 2 rings (SSSR count). The summed E-state index contributed by atoms with van der Waals surface area (Å²) in [5, 5.41) is 3.35. The molecule has 0 aromatic carbocycles. The van der Waals surface area contributed by atoms with E-state index in [1.807, 2.05) is 4.90 Å². The fraction of sp³-hybridized carbons (Fsp3) is 0.917. The van der Waals surface area contributed by atoms with Gasteiger partial charge in [0.15, 0.2) is 0 Å². The van der Waals surface area contributed by atoms with Gasteiger partial charge in [-0.05, 0) is 26.2 Å². The molecular weight excluding hydrogens is 204 g/mol.